The molecule has 1 aliphatic rings. The van der Waals surface area contributed by atoms with E-state index in [0.717, 1.165) is 19.6 Å². The summed E-state index contributed by atoms with van der Waals surface area (Å²) < 4.78 is 5.44. The van der Waals surface area contributed by atoms with Gasteiger partial charge in [0.25, 0.3) is 0 Å². The molecule has 0 amide bonds. The molecule has 1 fully saturated rings. The first-order valence-corrected chi connectivity index (χ1v) is 6.40. The Kier molecular flexibility index (Phi) is 3.55. The van der Waals surface area contributed by atoms with Crippen LogP contribution in [0.1, 0.15) is 30.0 Å². The van der Waals surface area contributed by atoms with Crippen molar-refractivity contribution in [3.63, 3.8) is 0 Å². The number of rotatable bonds is 4. The molecule has 1 saturated heterocycles. The van der Waals surface area contributed by atoms with E-state index in [2.05, 4.69) is 39.0 Å². The van der Waals surface area contributed by atoms with Crippen molar-refractivity contribution in [2.75, 3.05) is 19.8 Å². The fourth-order valence-corrected chi connectivity index (χ4v) is 2.71. The van der Waals surface area contributed by atoms with Crippen molar-refractivity contribution in [3.05, 3.63) is 34.9 Å². The number of hydrogen-bond donors (Lipinski definition) is 1. The van der Waals surface area contributed by atoms with Crippen LogP contribution in [0.5, 0.6) is 0 Å². The SMILES string of the molecule is CCC(CO)C1(c2ccc(C)c(C)c2)COC1. The first kappa shape index (κ1) is 12.6. The lowest BCUT2D eigenvalue weighted by Gasteiger charge is -2.47. The Labute approximate surface area is 104 Å². The maximum Gasteiger partial charge on any atom is 0.0589 e. The van der Waals surface area contributed by atoms with Crippen LogP contribution in [0, 0.1) is 19.8 Å². The third kappa shape index (κ3) is 2.00. The van der Waals surface area contributed by atoms with Gasteiger partial charge in [0.2, 0.25) is 0 Å². The third-order valence-corrected chi connectivity index (χ3v) is 4.30. The van der Waals surface area contributed by atoms with E-state index >= 15 is 0 Å². The number of hydrogen-bond acceptors (Lipinski definition) is 2. The molecule has 1 atom stereocenters. The van der Waals surface area contributed by atoms with Gasteiger partial charge in [-0.15, -0.1) is 0 Å². The van der Waals surface area contributed by atoms with Gasteiger partial charge in [-0.25, -0.2) is 0 Å². The number of ether oxygens (including phenoxy) is 1. The predicted molar refractivity (Wildman–Crippen MR) is 69.3 cm³/mol. The quantitative estimate of drug-likeness (QED) is 0.867. The molecule has 17 heavy (non-hydrogen) atoms. The molecule has 0 aromatic heterocycles. The predicted octanol–water partition coefficient (Wildman–Crippen LogP) is 2.59. The Morgan fingerprint density at radius 1 is 1.29 bits per heavy atom. The van der Waals surface area contributed by atoms with Gasteiger partial charge in [0.1, 0.15) is 0 Å². The highest BCUT2D eigenvalue weighted by atomic mass is 16.5. The van der Waals surface area contributed by atoms with Crippen molar-refractivity contribution in [2.45, 2.75) is 32.6 Å². The summed E-state index contributed by atoms with van der Waals surface area (Å²) in [6, 6.07) is 6.63. The zero-order chi connectivity index (χ0) is 12.5. The van der Waals surface area contributed by atoms with E-state index in [1.807, 2.05) is 0 Å². The lowest BCUT2D eigenvalue weighted by atomic mass is 9.67. The van der Waals surface area contributed by atoms with Crippen molar-refractivity contribution in [2.24, 2.45) is 5.92 Å². The molecule has 1 aromatic carbocycles. The minimum atomic E-state index is 0.0436. The third-order valence-electron chi connectivity index (χ3n) is 4.30. The summed E-state index contributed by atoms with van der Waals surface area (Å²) >= 11 is 0. The summed E-state index contributed by atoms with van der Waals surface area (Å²) in [6.45, 7) is 8.15. The molecule has 94 valence electrons. The van der Waals surface area contributed by atoms with Gasteiger partial charge in [0, 0.05) is 12.0 Å². The largest absolute Gasteiger partial charge is 0.396 e. The van der Waals surface area contributed by atoms with Crippen LogP contribution in [0.15, 0.2) is 18.2 Å². The minimum Gasteiger partial charge on any atom is -0.396 e. The fourth-order valence-electron chi connectivity index (χ4n) is 2.71. The number of aryl methyl sites for hydroxylation is 2. The van der Waals surface area contributed by atoms with Crippen molar-refractivity contribution in [1.82, 2.24) is 0 Å². The van der Waals surface area contributed by atoms with E-state index in [0.29, 0.717) is 5.92 Å². The summed E-state index contributed by atoms with van der Waals surface area (Å²) in [5.41, 5.74) is 4.01. The average Bonchev–Trinajstić information content (AvgIpc) is 2.27. The van der Waals surface area contributed by atoms with Crippen molar-refractivity contribution >= 4 is 0 Å². The summed E-state index contributed by atoms with van der Waals surface area (Å²) in [7, 11) is 0. The molecular weight excluding hydrogens is 212 g/mol. The van der Waals surface area contributed by atoms with Crippen LogP contribution in [-0.2, 0) is 10.2 Å². The highest BCUT2D eigenvalue weighted by Crippen LogP contribution is 2.41. The summed E-state index contributed by atoms with van der Waals surface area (Å²) in [4.78, 5) is 0. The highest BCUT2D eigenvalue weighted by Gasteiger charge is 2.46. The van der Waals surface area contributed by atoms with Crippen molar-refractivity contribution in [3.8, 4) is 0 Å². The molecule has 0 saturated carbocycles. The van der Waals surface area contributed by atoms with E-state index < -0.39 is 0 Å². The second-order valence-electron chi connectivity index (χ2n) is 5.24. The molecule has 2 nitrogen and oxygen atoms in total. The van der Waals surface area contributed by atoms with Gasteiger partial charge in [-0.1, -0.05) is 31.5 Å². The zero-order valence-electron chi connectivity index (χ0n) is 11.0. The minimum absolute atomic E-state index is 0.0436. The topological polar surface area (TPSA) is 29.5 Å². The second kappa shape index (κ2) is 4.79. The van der Waals surface area contributed by atoms with Crippen LogP contribution in [0.2, 0.25) is 0 Å². The van der Waals surface area contributed by atoms with E-state index in [4.69, 9.17) is 4.74 Å². The average molecular weight is 234 g/mol. The Morgan fingerprint density at radius 2 is 2.00 bits per heavy atom. The zero-order valence-corrected chi connectivity index (χ0v) is 11.0. The van der Waals surface area contributed by atoms with Crippen molar-refractivity contribution in [1.29, 1.82) is 0 Å². The molecule has 0 radical (unpaired) electrons. The van der Waals surface area contributed by atoms with E-state index in [9.17, 15) is 5.11 Å². The first-order chi connectivity index (χ1) is 8.14. The second-order valence-corrected chi connectivity index (χ2v) is 5.24. The normalized spacial score (nSPS) is 19.8. The molecule has 1 unspecified atom stereocenters. The van der Waals surface area contributed by atoms with Crippen LogP contribution in [-0.4, -0.2) is 24.9 Å². The number of aliphatic hydroxyl groups excluding tert-OH is 1. The molecule has 1 aromatic rings. The fraction of sp³-hybridized carbons (Fsp3) is 0.600. The molecule has 0 spiro atoms. The lowest BCUT2D eigenvalue weighted by Crippen LogP contribution is -2.53. The van der Waals surface area contributed by atoms with Crippen LogP contribution in [0.4, 0.5) is 0 Å². The Morgan fingerprint density at radius 3 is 2.41 bits per heavy atom. The summed E-state index contributed by atoms with van der Waals surface area (Å²) in [5, 5.41) is 9.56. The molecule has 1 aliphatic heterocycles. The maximum atomic E-state index is 9.56. The van der Waals surface area contributed by atoms with E-state index in [1.165, 1.54) is 16.7 Å². The van der Waals surface area contributed by atoms with E-state index in [1.54, 1.807) is 0 Å². The smallest absolute Gasteiger partial charge is 0.0589 e. The Bertz CT molecular complexity index is 390. The van der Waals surface area contributed by atoms with Gasteiger partial charge < -0.3 is 9.84 Å². The van der Waals surface area contributed by atoms with Gasteiger partial charge >= 0.3 is 0 Å². The first-order valence-electron chi connectivity index (χ1n) is 6.40. The van der Waals surface area contributed by atoms with Gasteiger partial charge in [0.05, 0.1) is 13.2 Å². The monoisotopic (exact) mass is 234 g/mol. The summed E-state index contributed by atoms with van der Waals surface area (Å²) in [6.07, 6.45) is 0.993. The van der Waals surface area contributed by atoms with Gasteiger partial charge in [-0.05, 0) is 36.5 Å². The number of aliphatic hydroxyl groups is 1. The van der Waals surface area contributed by atoms with Crippen LogP contribution < -0.4 is 0 Å². The van der Waals surface area contributed by atoms with Gasteiger partial charge in [-0.3, -0.25) is 0 Å². The molecule has 0 aliphatic carbocycles. The van der Waals surface area contributed by atoms with E-state index in [-0.39, 0.29) is 12.0 Å². The molecule has 0 bridgehead atoms. The Balaban J connectivity index is 2.37. The summed E-state index contributed by atoms with van der Waals surface area (Å²) in [5.74, 6) is 0.304. The molecule has 1 N–H and O–H groups in total. The van der Waals surface area contributed by atoms with Crippen LogP contribution in [0.3, 0.4) is 0 Å². The van der Waals surface area contributed by atoms with Crippen LogP contribution in [0.25, 0.3) is 0 Å². The lowest BCUT2D eigenvalue weighted by molar-refractivity contribution is -0.101. The standard InChI is InChI=1S/C15H22O2/c1-4-13(8-16)15(9-17-10-15)14-6-5-11(2)12(3)7-14/h5-7,13,16H,4,8-10H2,1-3H3. The molecular formula is C15H22O2. The van der Waals surface area contributed by atoms with Gasteiger partial charge in [-0.2, -0.15) is 0 Å². The van der Waals surface area contributed by atoms with Crippen LogP contribution >= 0.6 is 0 Å². The number of benzene rings is 1. The molecule has 1 heterocycles. The van der Waals surface area contributed by atoms with Crippen molar-refractivity contribution < 1.29 is 9.84 Å². The molecule has 2 rings (SSSR count). The maximum absolute atomic E-state index is 9.56. The highest BCUT2D eigenvalue weighted by molar-refractivity contribution is 5.36. The Hall–Kier alpha value is -0.860. The molecule has 2 heteroatoms. The van der Waals surface area contributed by atoms with Gasteiger partial charge in [0.15, 0.2) is 0 Å².